The van der Waals surface area contributed by atoms with E-state index in [2.05, 4.69) is 27.2 Å². The van der Waals surface area contributed by atoms with Crippen LogP contribution in [-0.2, 0) is 6.54 Å². The fourth-order valence-corrected chi connectivity index (χ4v) is 4.68. The molecule has 0 spiro atoms. The molecule has 174 valence electrons. The first-order valence-electron chi connectivity index (χ1n) is 11.6. The van der Waals surface area contributed by atoms with Crippen LogP contribution in [0.15, 0.2) is 54.9 Å². The number of fused-ring (bicyclic) bond motifs is 1. The highest BCUT2D eigenvalue weighted by molar-refractivity contribution is 5.98. The lowest BCUT2D eigenvalue weighted by Gasteiger charge is -2.29. The van der Waals surface area contributed by atoms with E-state index in [4.69, 9.17) is 10.8 Å². The van der Waals surface area contributed by atoms with Crippen LogP contribution in [0.25, 0.3) is 22.3 Å². The van der Waals surface area contributed by atoms with E-state index in [1.165, 1.54) is 6.33 Å². The molecule has 8 nitrogen and oxygen atoms in total. The highest BCUT2D eigenvalue weighted by Crippen LogP contribution is 2.33. The molecule has 2 aromatic carbocycles. The van der Waals surface area contributed by atoms with Crippen LogP contribution in [0.4, 0.5) is 5.82 Å². The van der Waals surface area contributed by atoms with E-state index in [9.17, 15) is 4.79 Å². The van der Waals surface area contributed by atoms with Gasteiger partial charge in [0.25, 0.3) is 5.91 Å². The van der Waals surface area contributed by atoms with E-state index in [1.807, 2.05) is 60.1 Å². The average Bonchev–Trinajstić information content (AvgIpc) is 3.24. The fraction of sp³-hybridized carbons (Fsp3) is 0.308. The first-order valence-corrected chi connectivity index (χ1v) is 11.6. The standard InChI is InChI=1S/C26H29N7O/c1-17-6-3-4-8-21(17)26(34)28-14-18-9-11-19(12-10-18)23-22-24(27)29-16-30-25(22)33(31-23)20-7-5-13-32(2)15-20/h3-4,6,8-12,16,20H,5,7,13-15H2,1-2H3,(H,28,34)(H2,27,29,30)/t20-/m1/s1. The molecular formula is C26H29N7O. The van der Waals surface area contributed by atoms with Crippen LogP contribution in [0.3, 0.4) is 0 Å². The number of nitrogen functional groups attached to an aromatic ring is 1. The Hall–Kier alpha value is -3.78. The molecular weight excluding hydrogens is 426 g/mol. The second-order valence-corrected chi connectivity index (χ2v) is 9.00. The number of likely N-dealkylation sites (tertiary alicyclic amines) is 1. The lowest BCUT2D eigenvalue weighted by atomic mass is 10.1. The van der Waals surface area contributed by atoms with Crippen molar-refractivity contribution < 1.29 is 4.79 Å². The van der Waals surface area contributed by atoms with Crippen LogP contribution in [0.5, 0.6) is 0 Å². The lowest BCUT2D eigenvalue weighted by Crippen LogP contribution is -2.34. The van der Waals surface area contributed by atoms with Gasteiger partial charge in [-0.25, -0.2) is 14.6 Å². The number of rotatable bonds is 5. The van der Waals surface area contributed by atoms with Crippen molar-refractivity contribution in [3.05, 3.63) is 71.5 Å². The van der Waals surface area contributed by atoms with E-state index in [0.29, 0.717) is 17.9 Å². The van der Waals surface area contributed by atoms with E-state index < -0.39 is 0 Å². The number of amides is 1. The normalized spacial score (nSPS) is 16.6. The molecule has 3 N–H and O–H groups in total. The van der Waals surface area contributed by atoms with E-state index >= 15 is 0 Å². The highest BCUT2D eigenvalue weighted by atomic mass is 16.1. The average molecular weight is 456 g/mol. The SMILES string of the molecule is Cc1ccccc1C(=O)NCc1ccc(-c2nn([C@@H]3CCCN(C)C3)c3ncnc(N)c23)cc1. The Morgan fingerprint density at radius 2 is 1.94 bits per heavy atom. The molecule has 0 unspecified atom stereocenters. The van der Waals surface area contributed by atoms with Crippen LogP contribution in [0.2, 0.25) is 0 Å². The highest BCUT2D eigenvalue weighted by Gasteiger charge is 2.25. The summed E-state index contributed by atoms with van der Waals surface area (Å²) in [6, 6.07) is 15.9. The van der Waals surface area contributed by atoms with Gasteiger partial charge in [0.05, 0.1) is 11.4 Å². The van der Waals surface area contributed by atoms with Gasteiger partial charge in [-0.3, -0.25) is 4.79 Å². The van der Waals surface area contributed by atoms with E-state index in [-0.39, 0.29) is 11.9 Å². The number of nitrogens with two attached hydrogens (primary N) is 1. The number of anilines is 1. The van der Waals surface area contributed by atoms with Crippen molar-refractivity contribution in [1.29, 1.82) is 0 Å². The zero-order valence-corrected chi connectivity index (χ0v) is 19.5. The molecule has 3 heterocycles. The number of hydrogen-bond acceptors (Lipinski definition) is 6. The van der Waals surface area contributed by atoms with Gasteiger partial charge < -0.3 is 16.0 Å². The van der Waals surface area contributed by atoms with Gasteiger partial charge in [0, 0.05) is 24.2 Å². The summed E-state index contributed by atoms with van der Waals surface area (Å²) in [5, 5.41) is 8.76. The van der Waals surface area contributed by atoms with Crippen LogP contribution in [0, 0.1) is 6.92 Å². The molecule has 1 atom stereocenters. The summed E-state index contributed by atoms with van der Waals surface area (Å²) in [4.78, 5) is 23.6. The monoisotopic (exact) mass is 455 g/mol. The predicted molar refractivity (Wildman–Crippen MR) is 133 cm³/mol. The van der Waals surface area contributed by atoms with E-state index in [1.54, 1.807) is 0 Å². The Labute approximate surface area is 198 Å². The third-order valence-corrected chi connectivity index (χ3v) is 6.53. The molecule has 0 aliphatic carbocycles. The lowest BCUT2D eigenvalue weighted by molar-refractivity contribution is 0.0950. The smallest absolute Gasteiger partial charge is 0.251 e. The van der Waals surface area contributed by atoms with Crippen molar-refractivity contribution in [2.45, 2.75) is 32.4 Å². The molecule has 1 fully saturated rings. The molecule has 0 saturated carbocycles. The van der Waals surface area contributed by atoms with Crippen molar-refractivity contribution in [2.24, 2.45) is 0 Å². The number of carbonyl (C=O) groups is 1. The number of nitrogens with one attached hydrogen (secondary N) is 1. The van der Waals surface area contributed by atoms with Gasteiger partial charge in [0.2, 0.25) is 0 Å². The van der Waals surface area contributed by atoms with Gasteiger partial charge in [-0.2, -0.15) is 5.10 Å². The van der Waals surface area contributed by atoms with Crippen LogP contribution >= 0.6 is 0 Å². The van der Waals surface area contributed by atoms with Crippen LogP contribution in [0.1, 0.15) is 40.4 Å². The zero-order valence-electron chi connectivity index (χ0n) is 19.5. The Morgan fingerprint density at radius 3 is 2.71 bits per heavy atom. The van der Waals surface area contributed by atoms with Crippen LogP contribution in [-0.4, -0.2) is 50.7 Å². The second-order valence-electron chi connectivity index (χ2n) is 9.00. The van der Waals surface area contributed by atoms with Gasteiger partial charge >= 0.3 is 0 Å². The molecule has 0 radical (unpaired) electrons. The van der Waals surface area contributed by atoms with Gasteiger partial charge in [-0.15, -0.1) is 0 Å². The number of nitrogens with zero attached hydrogens (tertiary/aromatic N) is 5. The maximum Gasteiger partial charge on any atom is 0.251 e. The van der Waals surface area contributed by atoms with Gasteiger partial charge in [0.15, 0.2) is 5.65 Å². The van der Waals surface area contributed by atoms with Crippen molar-refractivity contribution in [3.63, 3.8) is 0 Å². The Bertz CT molecular complexity index is 1330. The van der Waals surface area contributed by atoms with Crippen molar-refractivity contribution >= 4 is 22.8 Å². The molecule has 34 heavy (non-hydrogen) atoms. The second kappa shape index (κ2) is 9.23. The van der Waals surface area contributed by atoms with Gasteiger partial charge in [0.1, 0.15) is 17.8 Å². The number of benzene rings is 2. The minimum atomic E-state index is -0.0747. The van der Waals surface area contributed by atoms with Gasteiger partial charge in [-0.1, -0.05) is 42.5 Å². The topological polar surface area (TPSA) is 102 Å². The summed E-state index contributed by atoms with van der Waals surface area (Å²) in [5.74, 6) is 0.360. The first-order chi connectivity index (χ1) is 16.5. The number of aromatic nitrogens is 4. The summed E-state index contributed by atoms with van der Waals surface area (Å²) >= 11 is 0. The third kappa shape index (κ3) is 4.24. The van der Waals surface area contributed by atoms with Crippen molar-refractivity contribution in [3.8, 4) is 11.3 Å². The van der Waals surface area contributed by atoms with Crippen molar-refractivity contribution in [1.82, 2.24) is 30.0 Å². The molecule has 5 rings (SSSR count). The van der Waals surface area contributed by atoms with Crippen LogP contribution < -0.4 is 11.1 Å². The molecule has 0 bridgehead atoms. The van der Waals surface area contributed by atoms with Crippen molar-refractivity contribution in [2.75, 3.05) is 25.9 Å². The van der Waals surface area contributed by atoms with E-state index in [0.717, 1.165) is 59.3 Å². The molecule has 4 aromatic rings. The number of likely N-dealkylation sites (N-methyl/N-ethyl adjacent to an activating group) is 1. The Morgan fingerprint density at radius 1 is 1.15 bits per heavy atom. The summed E-state index contributed by atoms with van der Waals surface area (Å²) in [6.45, 7) is 4.41. The molecule has 1 aliphatic rings. The molecule has 2 aromatic heterocycles. The summed E-state index contributed by atoms with van der Waals surface area (Å²) in [7, 11) is 2.14. The third-order valence-electron chi connectivity index (χ3n) is 6.53. The maximum atomic E-state index is 12.5. The first kappa shape index (κ1) is 22.0. The zero-order chi connectivity index (χ0) is 23.7. The fourth-order valence-electron chi connectivity index (χ4n) is 4.68. The summed E-state index contributed by atoms with van der Waals surface area (Å²) < 4.78 is 2.02. The molecule has 1 aliphatic heterocycles. The van der Waals surface area contributed by atoms with Gasteiger partial charge in [-0.05, 0) is 50.6 Å². The Kier molecular flexibility index (Phi) is 5.98. The number of piperidine rings is 1. The number of aryl methyl sites for hydroxylation is 1. The number of hydrogen-bond donors (Lipinski definition) is 2. The quantitative estimate of drug-likeness (QED) is 0.477. The molecule has 8 heteroatoms. The summed E-state index contributed by atoms with van der Waals surface area (Å²) in [6.07, 6.45) is 3.69. The molecule has 1 saturated heterocycles. The minimum Gasteiger partial charge on any atom is -0.383 e. The number of carbonyl (C=O) groups excluding carboxylic acids is 1. The Balaban J connectivity index is 1.40. The largest absolute Gasteiger partial charge is 0.383 e. The summed E-state index contributed by atoms with van der Waals surface area (Å²) in [5.41, 5.74) is 11.5. The molecule has 1 amide bonds. The predicted octanol–water partition coefficient (Wildman–Crippen LogP) is 3.58. The minimum absolute atomic E-state index is 0.0747. The maximum absolute atomic E-state index is 12.5.